The van der Waals surface area contributed by atoms with Gasteiger partial charge in [0, 0.05) is 5.02 Å². The zero-order valence-electron chi connectivity index (χ0n) is 15.1. The molecule has 0 radical (unpaired) electrons. The first-order chi connectivity index (χ1) is 12.3. The maximum Gasteiger partial charge on any atom is 0.0406 e. The van der Waals surface area contributed by atoms with Gasteiger partial charge in [0.15, 0.2) is 0 Å². The third-order valence-corrected chi connectivity index (χ3v) is 6.56. The minimum absolute atomic E-state index is 0.767. The number of benzene rings is 2. The van der Waals surface area contributed by atoms with Crippen LogP contribution in [0.5, 0.6) is 0 Å². The van der Waals surface area contributed by atoms with E-state index in [2.05, 4.69) is 30.3 Å². The van der Waals surface area contributed by atoms with Crippen molar-refractivity contribution in [1.29, 1.82) is 0 Å². The molecule has 0 atom stereocenters. The Bertz CT molecular complexity index is 652. The highest BCUT2D eigenvalue weighted by Gasteiger charge is 2.21. The van der Waals surface area contributed by atoms with Crippen molar-refractivity contribution in [2.24, 2.45) is 0 Å². The zero-order valence-corrected chi connectivity index (χ0v) is 15.9. The second-order valence-corrected chi connectivity index (χ2v) is 8.50. The van der Waals surface area contributed by atoms with Crippen LogP contribution in [0.1, 0.15) is 87.2 Å². The molecule has 0 bridgehead atoms. The highest BCUT2D eigenvalue weighted by atomic mass is 35.5. The summed E-state index contributed by atoms with van der Waals surface area (Å²) in [6.07, 6.45) is 13.9. The van der Waals surface area contributed by atoms with Gasteiger partial charge in [-0.3, -0.25) is 0 Å². The predicted molar refractivity (Wildman–Crippen MR) is 109 cm³/mol. The van der Waals surface area contributed by atoms with Crippen LogP contribution in [0, 0.1) is 0 Å². The summed E-state index contributed by atoms with van der Waals surface area (Å²) < 4.78 is 0. The minimum atomic E-state index is 0.767. The fraction of sp³-hybridized carbons (Fsp3) is 0.500. The molecule has 1 heteroatoms. The molecule has 2 aromatic carbocycles. The maximum atomic E-state index is 6.11. The van der Waals surface area contributed by atoms with Gasteiger partial charge in [0.2, 0.25) is 0 Å². The normalized spacial score (nSPS) is 19.9. The molecule has 2 aliphatic carbocycles. The fourth-order valence-electron chi connectivity index (χ4n) is 4.83. The molecule has 0 aliphatic heterocycles. The summed E-state index contributed by atoms with van der Waals surface area (Å²) >= 11 is 6.11. The summed E-state index contributed by atoms with van der Waals surface area (Å²) in [6.45, 7) is 0. The Kier molecular flexibility index (Phi) is 5.46. The van der Waals surface area contributed by atoms with E-state index in [1.807, 2.05) is 12.1 Å². The summed E-state index contributed by atoms with van der Waals surface area (Å²) in [5.74, 6) is 1.53. The van der Waals surface area contributed by atoms with Crippen molar-refractivity contribution < 1.29 is 0 Å². The molecule has 25 heavy (non-hydrogen) atoms. The lowest BCUT2D eigenvalue weighted by Crippen LogP contribution is -2.08. The molecule has 0 N–H and O–H groups in total. The van der Waals surface area contributed by atoms with Gasteiger partial charge in [-0.1, -0.05) is 80.5 Å². The lowest BCUT2D eigenvalue weighted by molar-refractivity contribution is 0.435. The summed E-state index contributed by atoms with van der Waals surface area (Å²) in [4.78, 5) is 0. The first-order valence-corrected chi connectivity index (χ1v) is 10.6. The van der Waals surface area contributed by atoms with Crippen LogP contribution in [0.25, 0.3) is 11.1 Å². The third kappa shape index (κ3) is 4.11. The topological polar surface area (TPSA) is 0 Å². The number of halogens is 1. The van der Waals surface area contributed by atoms with Crippen molar-refractivity contribution in [2.45, 2.75) is 76.0 Å². The van der Waals surface area contributed by atoms with E-state index in [0.717, 1.165) is 16.9 Å². The van der Waals surface area contributed by atoms with Crippen LogP contribution < -0.4 is 0 Å². The van der Waals surface area contributed by atoms with Gasteiger partial charge >= 0.3 is 0 Å². The van der Waals surface area contributed by atoms with Gasteiger partial charge in [0.05, 0.1) is 0 Å². The maximum absolute atomic E-state index is 6.11. The van der Waals surface area contributed by atoms with E-state index in [9.17, 15) is 0 Å². The monoisotopic (exact) mass is 352 g/mol. The summed E-state index contributed by atoms with van der Waals surface area (Å²) in [5.41, 5.74) is 5.87. The Balaban J connectivity index is 1.72. The Labute approximate surface area is 157 Å². The van der Waals surface area contributed by atoms with Crippen molar-refractivity contribution in [3.63, 3.8) is 0 Å². The van der Waals surface area contributed by atoms with Gasteiger partial charge in [-0.2, -0.15) is 0 Å². The van der Waals surface area contributed by atoms with Crippen LogP contribution in [0.3, 0.4) is 0 Å². The molecule has 0 heterocycles. The van der Waals surface area contributed by atoms with Crippen LogP contribution >= 0.6 is 11.6 Å². The number of rotatable bonds is 3. The Morgan fingerprint density at radius 2 is 1.04 bits per heavy atom. The molecule has 2 fully saturated rings. The van der Waals surface area contributed by atoms with E-state index in [1.54, 1.807) is 11.1 Å². The van der Waals surface area contributed by atoms with Crippen molar-refractivity contribution in [3.8, 4) is 11.1 Å². The van der Waals surface area contributed by atoms with E-state index < -0.39 is 0 Å². The average molecular weight is 353 g/mol. The molecule has 0 spiro atoms. The van der Waals surface area contributed by atoms with Crippen molar-refractivity contribution >= 4 is 11.6 Å². The smallest absolute Gasteiger partial charge is 0.0406 e. The van der Waals surface area contributed by atoms with Crippen LogP contribution in [0.15, 0.2) is 42.5 Å². The quantitative estimate of drug-likeness (QED) is 0.523. The zero-order chi connectivity index (χ0) is 17.1. The molecule has 132 valence electrons. The number of hydrogen-bond acceptors (Lipinski definition) is 0. The second-order valence-electron chi connectivity index (χ2n) is 8.07. The third-order valence-electron chi connectivity index (χ3n) is 6.31. The molecule has 4 rings (SSSR count). The molecule has 0 nitrogen and oxygen atoms in total. The first kappa shape index (κ1) is 17.2. The predicted octanol–water partition coefficient (Wildman–Crippen LogP) is 8.10. The Hall–Kier alpha value is -1.27. The largest absolute Gasteiger partial charge is 0.0843 e. The molecule has 2 aromatic rings. The van der Waals surface area contributed by atoms with Crippen molar-refractivity contribution in [2.75, 3.05) is 0 Å². The summed E-state index contributed by atoms with van der Waals surface area (Å²) in [6, 6.07) is 15.9. The highest BCUT2D eigenvalue weighted by molar-refractivity contribution is 6.30. The highest BCUT2D eigenvalue weighted by Crippen LogP contribution is 2.39. The molecular weight excluding hydrogens is 324 g/mol. The van der Waals surface area contributed by atoms with Gasteiger partial charge in [-0.05, 0) is 71.9 Å². The van der Waals surface area contributed by atoms with E-state index >= 15 is 0 Å². The van der Waals surface area contributed by atoms with Crippen LogP contribution in [-0.4, -0.2) is 0 Å². The SMILES string of the molecule is Clc1ccc(-c2cc(C3CCCCC3)cc(C3CCCCC3)c2)cc1. The molecular formula is C24H29Cl. The lowest BCUT2D eigenvalue weighted by atomic mass is 9.78. The molecule has 0 unspecified atom stereocenters. The summed E-state index contributed by atoms with van der Waals surface area (Å²) in [7, 11) is 0. The fourth-order valence-corrected chi connectivity index (χ4v) is 4.95. The number of hydrogen-bond donors (Lipinski definition) is 0. The van der Waals surface area contributed by atoms with Crippen LogP contribution in [-0.2, 0) is 0 Å². The Morgan fingerprint density at radius 3 is 1.52 bits per heavy atom. The molecule has 0 saturated heterocycles. The lowest BCUT2D eigenvalue weighted by Gasteiger charge is -2.27. The van der Waals surface area contributed by atoms with Gasteiger partial charge < -0.3 is 0 Å². The van der Waals surface area contributed by atoms with E-state index in [0.29, 0.717) is 0 Å². The van der Waals surface area contributed by atoms with Gasteiger partial charge in [0.1, 0.15) is 0 Å². The van der Waals surface area contributed by atoms with Crippen molar-refractivity contribution in [1.82, 2.24) is 0 Å². The molecule has 2 aliphatic rings. The minimum Gasteiger partial charge on any atom is -0.0843 e. The van der Waals surface area contributed by atoms with Gasteiger partial charge in [-0.15, -0.1) is 0 Å². The van der Waals surface area contributed by atoms with E-state index in [1.165, 1.54) is 75.3 Å². The van der Waals surface area contributed by atoms with E-state index in [-0.39, 0.29) is 0 Å². The second kappa shape index (κ2) is 7.96. The molecule has 0 aromatic heterocycles. The molecule has 0 amide bonds. The average Bonchev–Trinajstić information content (AvgIpc) is 2.69. The first-order valence-electron chi connectivity index (χ1n) is 10.2. The van der Waals surface area contributed by atoms with E-state index in [4.69, 9.17) is 11.6 Å². The van der Waals surface area contributed by atoms with Crippen LogP contribution in [0.2, 0.25) is 5.02 Å². The summed E-state index contributed by atoms with van der Waals surface area (Å²) in [5, 5.41) is 0.819. The van der Waals surface area contributed by atoms with Crippen LogP contribution in [0.4, 0.5) is 0 Å². The Morgan fingerprint density at radius 1 is 0.560 bits per heavy atom. The van der Waals surface area contributed by atoms with Gasteiger partial charge in [0.25, 0.3) is 0 Å². The van der Waals surface area contributed by atoms with Gasteiger partial charge in [-0.25, -0.2) is 0 Å². The molecule has 2 saturated carbocycles. The van der Waals surface area contributed by atoms with Crippen molar-refractivity contribution in [3.05, 3.63) is 58.6 Å². The standard InChI is InChI=1S/C24H29Cl/c25-24-13-11-20(12-14-24)23-16-21(18-7-3-1-4-8-18)15-22(17-23)19-9-5-2-6-10-19/h11-19H,1-10H2.